The normalized spacial score (nSPS) is 19.3. The minimum atomic E-state index is -1.73. The quantitative estimate of drug-likeness (QED) is 0.104. The zero-order valence-corrected chi connectivity index (χ0v) is 29.6. The van der Waals surface area contributed by atoms with Crippen molar-refractivity contribution in [1.29, 1.82) is 0 Å². The van der Waals surface area contributed by atoms with Gasteiger partial charge in [0.05, 0.1) is 0 Å². The molecule has 3 aromatic rings. The molecule has 5 rings (SSSR count). The predicted octanol–water partition coefficient (Wildman–Crippen LogP) is 4.53. The summed E-state index contributed by atoms with van der Waals surface area (Å²) in [5.41, 5.74) is 5.26. The Morgan fingerprint density at radius 1 is 1.14 bits per heavy atom. The largest absolute Gasteiger partial charge is 0.451 e. The first-order valence-electron chi connectivity index (χ1n) is 15.6. The maximum atomic E-state index is 14.3. The van der Waals surface area contributed by atoms with E-state index in [4.69, 9.17) is 20.0 Å². The van der Waals surface area contributed by atoms with Crippen molar-refractivity contribution in [2.75, 3.05) is 18.6 Å². The molecule has 50 heavy (non-hydrogen) atoms. The molecule has 1 aromatic heterocycles. The number of carbonyl (C=O) groups excluding carboxylic acids is 4. The number of alkyl carbamates (subject to hydrolysis) is 1. The molecule has 4 N–H and O–H groups in total. The standard InChI is InChI=1S/C35H38N6O7S2/c1-6-21-18-41-30(44)35(31(41)49-19-21,39-28(42)26(40-46-5)25-20-50-32(36)37-25)17-24(38-33(45)48-34(2,3)4)29(43)47-27(22-13-9-7-10-14-22)23-15-11-8-12-16-23/h6-16,18,20,24,27,31H,1,17,19H2,2-5H3,(H2,36,37)(H,38,45)(H,39,42)/t24?,31-,35?/m0/s1. The van der Waals surface area contributed by atoms with E-state index in [0.717, 1.165) is 16.9 Å². The van der Waals surface area contributed by atoms with Gasteiger partial charge in [0.2, 0.25) is 0 Å². The molecular weight excluding hydrogens is 681 g/mol. The number of thiazole rings is 1. The Bertz CT molecular complexity index is 1770. The highest BCUT2D eigenvalue weighted by atomic mass is 32.2. The average molecular weight is 719 g/mol. The molecule has 13 nitrogen and oxygen atoms in total. The number of nitrogens with zero attached hydrogens (tertiary/aromatic N) is 3. The molecule has 3 atom stereocenters. The highest BCUT2D eigenvalue weighted by Crippen LogP contribution is 2.46. The van der Waals surface area contributed by atoms with Crippen molar-refractivity contribution in [3.05, 3.63) is 107 Å². The van der Waals surface area contributed by atoms with Crippen LogP contribution in [0.5, 0.6) is 0 Å². The number of carbonyl (C=O) groups is 4. The number of oxime groups is 1. The topological polar surface area (TPSA) is 175 Å². The second-order valence-electron chi connectivity index (χ2n) is 12.4. The van der Waals surface area contributed by atoms with Crippen LogP contribution in [0.15, 0.2) is 95.6 Å². The Morgan fingerprint density at radius 2 is 1.78 bits per heavy atom. The summed E-state index contributed by atoms with van der Waals surface area (Å²) in [6.07, 6.45) is 1.14. The van der Waals surface area contributed by atoms with Crippen LogP contribution in [0, 0.1) is 0 Å². The molecular formula is C35H38N6O7S2. The number of nitrogen functional groups attached to an aromatic ring is 1. The second-order valence-corrected chi connectivity index (χ2v) is 14.4. The van der Waals surface area contributed by atoms with E-state index in [0.29, 0.717) is 16.9 Å². The van der Waals surface area contributed by atoms with Gasteiger partial charge in [0.1, 0.15) is 29.8 Å². The summed E-state index contributed by atoms with van der Waals surface area (Å²) in [7, 11) is 1.26. The minimum absolute atomic E-state index is 0.132. The number of allylic oxidation sites excluding steroid dienone is 1. The van der Waals surface area contributed by atoms with Crippen LogP contribution >= 0.6 is 23.1 Å². The van der Waals surface area contributed by atoms with E-state index in [1.807, 2.05) is 60.7 Å². The maximum Gasteiger partial charge on any atom is 0.408 e. The number of hydrogen-bond acceptors (Lipinski definition) is 12. The van der Waals surface area contributed by atoms with Gasteiger partial charge in [0, 0.05) is 23.8 Å². The van der Waals surface area contributed by atoms with Crippen LogP contribution < -0.4 is 16.4 Å². The van der Waals surface area contributed by atoms with E-state index < -0.39 is 59.0 Å². The average Bonchev–Trinajstić information content (AvgIpc) is 3.53. The molecule has 15 heteroatoms. The SMILES string of the molecule is C=CC1=CN2C(=O)C(CC(NC(=O)OC(C)(C)C)C(=O)OC(c3ccccc3)c3ccccc3)(NC(=O)C(=NOC)c3csc(N)n3)[C@@H]2SC1. The van der Waals surface area contributed by atoms with Crippen molar-refractivity contribution in [2.24, 2.45) is 5.16 Å². The molecule has 2 aliphatic rings. The lowest BCUT2D eigenvalue weighted by molar-refractivity contribution is -0.158. The van der Waals surface area contributed by atoms with E-state index in [1.54, 1.807) is 33.0 Å². The Kier molecular flexibility index (Phi) is 11.0. The molecule has 0 radical (unpaired) electrons. The van der Waals surface area contributed by atoms with E-state index in [1.165, 1.54) is 29.2 Å². The van der Waals surface area contributed by atoms with Gasteiger partial charge < -0.3 is 35.6 Å². The fraction of sp³-hybridized carbons (Fsp3) is 0.314. The van der Waals surface area contributed by atoms with Crippen LogP contribution in [0.1, 0.15) is 50.1 Å². The number of rotatable bonds is 12. The fourth-order valence-corrected chi connectivity index (χ4v) is 7.47. The smallest absolute Gasteiger partial charge is 0.408 e. The number of β-lactam (4-membered cyclic amide) rings is 1. The Labute approximate surface area is 297 Å². The van der Waals surface area contributed by atoms with Gasteiger partial charge in [-0.05, 0) is 37.5 Å². The first-order valence-corrected chi connectivity index (χ1v) is 17.5. The van der Waals surface area contributed by atoms with E-state index in [-0.39, 0.29) is 16.5 Å². The molecule has 2 aliphatic heterocycles. The zero-order valence-electron chi connectivity index (χ0n) is 28.0. The molecule has 0 spiro atoms. The Morgan fingerprint density at radius 3 is 2.32 bits per heavy atom. The van der Waals surface area contributed by atoms with Gasteiger partial charge in [-0.15, -0.1) is 23.1 Å². The molecule has 1 saturated heterocycles. The highest BCUT2D eigenvalue weighted by Gasteiger charge is 2.64. The van der Waals surface area contributed by atoms with Crippen LogP contribution in [0.25, 0.3) is 0 Å². The summed E-state index contributed by atoms with van der Waals surface area (Å²) in [5, 5.41) is 10.4. The maximum absolute atomic E-state index is 14.3. The van der Waals surface area contributed by atoms with Crippen LogP contribution in [0.4, 0.5) is 9.93 Å². The molecule has 2 aromatic carbocycles. The Balaban J connectivity index is 1.54. The van der Waals surface area contributed by atoms with Crippen molar-refractivity contribution in [3.8, 4) is 0 Å². The lowest BCUT2D eigenvalue weighted by Gasteiger charge is -2.56. The third-order valence-corrected chi connectivity index (χ3v) is 9.82. The number of thioether (sulfide) groups is 1. The number of esters is 1. The van der Waals surface area contributed by atoms with Crippen LogP contribution in [-0.2, 0) is 28.7 Å². The van der Waals surface area contributed by atoms with Gasteiger partial charge in [-0.25, -0.2) is 14.6 Å². The van der Waals surface area contributed by atoms with Gasteiger partial charge in [-0.2, -0.15) is 0 Å². The number of aromatic nitrogens is 1. The molecule has 1 fully saturated rings. The lowest BCUT2D eigenvalue weighted by atomic mass is 9.81. The van der Waals surface area contributed by atoms with Gasteiger partial charge in [0.25, 0.3) is 11.8 Å². The van der Waals surface area contributed by atoms with Crippen molar-refractivity contribution < 1.29 is 33.5 Å². The summed E-state index contributed by atoms with van der Waals surface area (Å²) < 4.78 is 11.7. The Hall–Kier alpha value is -5.15. The van der Waals surface area contributed by atoms with Crippen LogP contribution in [0.3, 0.4) is 0 Å². The number of nitrogens with two attached hydrogens (primary N) is 1. The van der Waals surface area contributed by atoms with Crippen molar-refractivity contribution in [2.45, 2.75) is 55.9 Å². The third kappa shape index (κ3) is 8.00. The predicted molar refractivity (Wildman–Crippen MR) is 191 cm³/mol. The summed E-state index contributed by atoms with van der Waals surface area (Å²) in [6, 6.07) is 16.8. The lowest BCUT2D eigenvalue weighted by Crippen LogP contribution is -2.80. The summed E-state index contributed by atoms with van der Waals surface area (Å²) in [6.45, 7) is 8.85. The highest BCUT2D eigenvalue weighted by molar-refractivity contribution is 8.00. The molecule has 2 unspecified atom stereocenters. The monoisotopic (exact) mass is 718 g/mol. The molecule has 3 amide bonds. The number of hydrogen-bond donors (Lipinski definition) is 3. The fourth-order valence-electron chi connectivity index (χ4n) is 5.52. The third-order valence-electron chi connectivity index (χ3n) is 7.70. The first-order chi connectivity index (χ1) is 23.8. The van der Waals surface area contributed by atoms with Gasteiger partial charge in [-0.1, -0.05) is 78.5 Å². The van der Waals surface area contributed by atoms with Gasteiger partial charge in [0.15, 0.2) is 22.5 Å². The van der Waals surface area contributed by atoms with E-state index >= 15 is 0 Å². The van der Waals surface area contributed by atoms with Crippen molar-refractivity contribution in [3.63, 3.8) is 0 Å². The number of nitrogens with one attached hydrogen (secondary N) is 2. The van der Waals surface area contributed by atoms with Crippen LogP contribution in [-0.4, -0.2) is 74.9 Å². The second kappa shape index (κ2) is 15.2. The van der Waals surface area contributed by atoms with Crippen molar-refractivity contribution in [1.82, 2.24) is 20.5 Å². The van der Waals surface area contributed by atoms with Gasteiger partial charge in [-0.3, -0.25) is 9.59 Å². The summed E-state index contributed by atoms with van der Waals surface area (Å²) in [4.78, 5) is 66.3. The number of fused-ring (bicyclic) bond motifs is 1. The molecule has 262 valence electrons. The van der Waals surface area contributed by atoms with E-state index in [2.05, 4.69) is 27.4 Å². The molecule has 0 saturated carbocycles. The molecule has 0 aliphatic carbocycles. The van der Waals surface area contributed by atoms with Crippen molar-refractivity contribution >= 4 is 57.8 Å². The molecule has 3 heterocycles. The number of benzene rings is 2. The summed E-state index contributed by atoms with van der Waals surface area (Å²) in [5.74, 6) is -1.71. The number of ether oxygens (including phenoxy) is 2. The minimum Gasteiger partial charge on any atom is -0.451 e. The molecule has 0 bridgehead atoms. The zero-order chi connectivity index (χ0) is 36.1. The number of amides is 3. The van der Waals surface area contributed by atoms with Crippen LogP contribution in [0.2, 0.25) is 0 Å². The van der Waals surface area contributed by atoms with E-state index in [9.17, 15) is 19.2 Å². The number of anilines is 1. The van der Waals surface area contributed by atoms with Gasteiger partial charge >= 0.3 is 12.1 Å². The summed E-state index contributed by atoms with van der Waals surface area (Å²) >= 11 is 2.46. The first kappa shape index (κ1) is 36.1.